The molecule has 1 N–H and O–H groups in total. The highest BCUT2D eigenvalue weighted by atomic mass is 16.6. The van der Waals surface area contributed by atoms with Crippen molar-refractivity contribution in [3.8, 4) is 17.2 Å². The molecular weight excluding hydrogens is 462 g/mol. The molecule has 1 fully saturated rings. The summed E-state index contributed by atoms with van der Waals surface area (Å²) in [4.78, 5) is 32.0. The topological polar surface area (TPSA) is 103 Å². The Balaban J connectivity index is 1.52. The van der Waals surface area contributed by atoms with Crippen LogP contribution in [0, 0.1) is 0 Å². The number of carbonyl (C=O) groups excluding carboxylic acids is 2. The second-order valence-electron chi connectivity index (χ2n) is 8.51. The number of nitrogens with zero attached hydrogens (tertiary/aromatic N) is 3. The number of hydrogen-bond donors (Lipinski definition) is 1. The number of aliphatic hydroxyl groups is 1. The van der Waals surface area contributed by atoms with Gasteiger partial charge in [0.2, 0.25) is 0 Å². The summed E-state index contributed by atoms with van der Waals surface area (Å²) in [5, 5.41) is 11.3. The highest BCUT2D eigenvalue weighted by molar-refractivity contribution is 6.46. The molecule has 2 aliphatic heterocycles. The summed E-state index contributed by atoms with van der Waals surface area (Å²) in [5.41, 5.74) is 1.13. The molecule has 1 atom stereocenters. The average Bonchev–Trinajstić information content (AvgIpc) is 3.51. The molecule has 9 heteroatoms. The molecule has 5 rings (SSSR count). The first kappa shape index (κ1) is 23.5. The maximum Gasteiger partial charge on any atom is 0.295 e. The Hall–Kier alpha value is -4.27. The number of aliphatic hydroxyl groups excluding tert-OH is 1. The molecule has 3 heterocycles. The van der Waals surface area contributed by atoms with Crippen molar-refractivity contribution in [1.82, 2.24) is 14.5 Å². The van der Waals surface area contributed by atoms with Crippen LogP contribution in [0.2, 0.25) is 0 Å². The molecule has 0 bridgehead atoms. The number of likely N-dealkylation sites (tertiary alicyclic amines) is 1. The van der Waals surface area contributed by atoms with E-state index in [-0.39, 0.29) is 11.3 Å². The number of amides is 1. The highest BCUT2D eigenvalue weighted by Crippen LogP contribution is 2.41. The molecule has 186 valence electrons. The van der Waals surface area contributed by atoms with Gasteiger partial charge in [0.05, 0.1) is 24.5 Å². The normalized spacial score (nSPS) is 18.5. The fraction of sp³-hybridized carbons (Fsp3) is 0.296. The molecule has 36 heavy (non-hydrogen) atoms. The predicted octanol–water partition coefficient (Wildman–Crippen LogP) is 3.57. The van der Waals surface area contributed by atoms with Gasteiger partial charge in [-0.05, 0) is 49.2 Å². The van der Waals surface area contributed by atoms with E-state index in [0.717, 1.165) is 0 Å². The first-order valence-electron chi connectivity index (χ1n) is 11.9. The van der Waals surface area contributed by atoms with E-state index in [0.29, 0.717) is 67.7 Å². The summed E-state index contributed by atoms with van der Waals surface area (Å²) in [6, 6.07) is 11.5. The zero-order valence-corrected chi connectivity index (χ0v) is 19.9. The third kappa shape index (κ3) is 4.51. The van der Waals surface area contributed by atoms with Gasteiger partial charge in [-0.3, -0.25) is 9.59 Å². The molecule has 0 saturated carbocycles. The van der Waals surface area contributed by atoms with E-state index >= 15 is 0 Å². The molecule has 0 unspecified atom stereocenters. The van der Waals surface area contributed by atoms with Crippen molar-refractivity contribution in [3.05, 3.63) is 77.9 Å². The Morgan fingerprint density at radius 2 is 1.86 bits per heavy atom. The van der Waals surface area contributed by atoms with Crippen molar-refractivity contribution in [3.63, 3.8) is 0 Å². The van der Waals surface area contributed by atoms with E-state index in [1.807, 2.05) is 29.8 Å². The van der Waals surface area contributed by atoms with E-state index in [1.165, 1.54) is 4.90 Å². The van der Waals surface area contributed by atoms with Gasteiger partial charge in [-0.2, -0.15) is 0 Å². The summed E-state index contributed by atoms with van der Waals surface area (Å²) < 4.78 is 18.7. The van der Waals surface area contributed by atoms with Crippen molar-refractivity contribution in [1.29, 1.82) is 0 Å². The van der Waals surface area contributed by atoms with Gasteiger partial charge in [-0.15, -0.1) is 0 Å². The van der Waals surface area contributed by atoms with Crippen LogP contribution in [0.1, 0.15) is 30.5 Å². The van der Waals surface area contributed by atoms with E-state index in [2.05, 4.69) is 4.98 Å². The van der Waals surface area contributed by atoms with Crippen molar-refractivity contribution in [2.24, 2.45) is 0 Å². The molecule has 0 radical (unpaired) electrons. The van der Waals surface area contributed by atoms with Gasteiger partial charge in [0.1, 0.15) is 24.7 Å². The second-order valence-corrected chi connectivity index (χ2v) is 8.51. The average molecular weight is 490 g/mol. The van der Waals surface area contributed by atoms with Crippen molar-refractivity contribution in [2.75, 3.05) is 26.4 Å². The molecule has 2 aromatic carbocycles. The zero-order valence-electron chi connectivity index (χ0n) is 19.9. The van der Waals surface area contributed by atoms with Crippen LogP contribution in [0.4, 0.5) is 0 Å². The van der Waals surface area contributed by atoms with Crippen molar-refractivity contribution < 1.29 is 28.9 Å². The molecule has 9 nitrogen and oxygen atoms in total. The molecule has 2 aliphatic rings. The number of aromatic nitrogens is 2. The minimum absolute atomic E-state index is 0.0449. The fourth-order valence-electron chi connectivity index (χ4n) is 4.56. The Morgan fingerprint density at radius 1 is 1.08 bits per heavy atom. The maximum atomic E-state index is 13.3. The van der Waals surface area contributed by atoms with Crippen LogP contribution in [0.25, 0.3) is 5.76 Å². The monoisotopic (exact) mass is 489 g/mol. The molecule has 1 aromatic heterocycles. The van der Waals surface area contributed by atoms with Gasteiger partial charge in [-0.25, -0.2) is 4.98 Å². The summed E-state index contributed by atoms with van der Waals surface area (Å²) in [6.45, 7) is 4.23. The summed E-state index contributed by atoms with van der Waals surface area (Å²) in [6.07, 6.45) is 5.86. The van der Waals surface area contributed by atoms with Crippen LogP contribution in [0.3, 0.4) is 0 Å². The number of fused-ring (bicyclic) bond motifs is 1. The number of aryl methyl sites for hydroxylation is 1. The van der Waals surface area contributed by atoms with E-state index in [9.17, 15) is 14.7 Å². The van der Waals surface area contributed by atoms with Gasteiger partial charge < -0.3 is 28.8 Å². The number of benzene rings is 2. The Bertz CT molecular complexity index is 1280. The molecular formula is C27H27N3O6. The smallest absolute Gasteiger partial charge is 0.295 e. The molecule has 1 amide bonds. The second kappa shape index (κ2) is 10.2. The van der Waals surface area contributed by atoms with Crippen LogP contribution < -0.4 is 14.2 Å². The molecule has 0 aliphatic carbocycles. The third-order valence-electron chi connectivity index (χ3n) is 6.24. The quantitative estimate of drug-likeness (QED) is 0.293. The third-order valence-corrected chi connectivity index (χ3v) is 6.24. The summed E-state index contributed by atoms with van der Waals surface area (Å²) >= 11 is 0. The van der Waals surface area contributed by atoms with Gasteiger partial charge in [0.15, 0.2) is 11.5 Å². The molecule has 1 saturated heterocycles. The van der Waals surface area contributed by atoms with Crippen LogP contribution in [0.5, 0.6) is 17.2 Å². The number of carbonyl (C=O) groups is 2. The number of Topliss-reactive ketones (excluding diaryl/α,β-unsaturated/α-hetero) is 1. The lowest BCUT2D eigenvalue weighted by atomic mass is 9.95. The summed E-state index contributed by atoms with van der Waals surface area (Å²) in [5.74, 6) is 0.132. The standard InChI is InChI=1S/C27H27N3O6/c1-2-34-20-7-4-18(5-8-20)24-23(25(31)19-6-9-21-22(16-19)36-15-14-35-21)26(32)27(33)30(24)12-3-11-29-13-10-28-17-29/h4-10,13,16-17,24,31H,2-3,11-12,14-15H2,1H3/t24-/m1/s1. The fourth-order valence-corrected chi connectivity index (χ4v) is 4.56. The Kier molecular flexibility index (Phi) is 6.62. The summed E-state index contributed by atoms with van der Waals surface area (Å²) in [7, 11) is 0. The molecule has 0 spiro atoms. The number of rotatable bonds is 8. The minimum atomic E-state index is -0.739. The first-order chi connectivity index (χ1) is 17.6. The van der Waals surface area contributed by atoms with E-state index < -0.39 is 17.7 Å². The Morgan fingerprint density at radius 3 is 2.58 bits per heavy atom. The van der Waals surface area contributed by atoms with Crippen LogP contribution in [-0.4, -0.2) is 57.6 Å². The van der Waals surface area contributed by atoms with E-state index in [1.54, 1.807) is 42.9 Å². The van der Waals surface area contributed by atoms with Crippen LogP contribution in [0.15, 0.2) is 66.8 Å². The minimum Gasteiger partial charge on any atom is -0.507 e. The number of hydrogen-bond acceptors (Lipinski definition) is 7. The number of ketones is 1. The van der Waals surface area contributed by atoms with Crippen molar-refractivity contribution >= 4 is 17.4 Å². The molecule has 3 aromatic rings. The highest BCUT2D eigenvalue weighted by Gasteiger charge is 2.45. The van der Waals surface area contributed by atoms with Gasteiger partial charge in [0, 0.05) is 31.0 Å². The zero-order chi connectivity index (χ0) is 25.1. The van der Waals surface area contributed by atoms with Crippen LogP contribution >= 0.6 is 0 Å². The largest absolute Gasteiger partial charge is 0.507 e. The number of imidazole rings is 1. The first-order valence-corrected chi connectivity index (χ1v) is 11.9. The number of ether oxygens (including phenoxy) is 3. The lowest BCUT2D eigenvalue weighted by Crippen LogP contribution is -2.31. The van der Waals surface area contributed by atoms with Gasteiger partial charge >= 0.3 is 0 Å². The van der Waals surface area contributed by atoms with E-state index in [4.69, 9.17) is 14.2 Å². The van der Waals surface area contributed by atoms with Gasteiger partial charge in [-0.1, -0.05) is 12.1 Å². The lowest BCUT2D eigenvalue weighted by Gasteiger charge is -2.26. The maximum absolute atomic E-state index is 13.3. The lowest BCUT2D eigenvalue weighted by molar-refractivity contribution is -0.139. The predicted molar refractivity (Wildman–Crippen MR) is 131 cm³/mol. The van der Waals surface area contributed by atoms with Gasteiger partial charge in [0.25, 0.3) is 11.7 Å². The SMILES string of the molecule is CCOc1ccc([C@@H]2C(=C(O)c3ccc4c(c3)OCCO4)C(=O)C(=O)N2CCCn2ccnc2)cc1. The Labute approximate surface area is 208 Å². The van der Waals surface area contributed by atoms with Crippen molar-refractivity contribution in [2.45, 2.75) is 25.9 Å². The van der Waals surface area contributed by atoms with Crippen LogP contribution in [-0.2, 0) is 16.1 Å².